The van der Waals surface area contributed by atoms with E-state index in [1.807, 2.05) is 0 Å². The van der Waals surface area contributed by atoms with Crippen molar-refractivity contribution < 1.29 is 5.11 Å². The van der Waals surface area contributed by atoms with E-state index in [4.69, 9.17) is 0 Å². The van der Waals surface area contributed by atoms with Crippen LogP contribution in [0.3, 0.4) is 0 Å². The summed E-state index contributed by atoms with van der Waals surface area (Å²) in [5.41, 5.74) is 2.92. The smallest absolute Gasteiger partial charge is 0.0609 e. The lowest BCUT2D eigenvalue weighted by Crippen LogP contribution is -2.20. The minimum atomic E-state index is -0.0834. The molecule has 2 bridgehead atoms. The number of fused-ring (bicyclic) bond motifs is 5. The van der Waals surface area contributed by atoms with Gasteiger partial charge in [-0.15, -0.1) is 0 Å². The van der Waals surface area contributed by atoms with E-state index in [9.17, 15) is 5.11 Å². The quantitative estimate of drug-likeness (QED) is 0.640. The van der Waals surface area contributed by atoms with E-state index in [0.717, 1.165) is 12.3 Å². The summed E-state index contributed by atoms with van der Waals surface area (Å²) in [6.07, 6.45) is 3.26. The van der Waals surface area contributed by atoms with E-state index in [1.165, 1.54) is 24.0 Å². The van der Waals surface area contributed by atoms with Crippen molar-refractivity contribution in [1.82, 2.24) is 0 Å². The molecule has 0 unspecified atom stereocenters. The summed E-state index contributed by atoms with van der Waals surface area (Å²) in [6.45, 7) is 0. The van der Waals surface area contributed by atoms with Gasteiger partial charge in [0.1, 0.15) is 0 Å². The first kappa shape index (κ1) is 7.57. The summed E-state index contributed by atoms with van der Waals surface area (Å²) in [5.74, 6) is 1.18. The molecule has 1 heteroatoms. The van der Waals surface area contributed by atoms with Crippen LogP contribution in [-0.4, -0.2) is 11.2 Å². The summed E-state index contributed by atoms with van der Waals surface area (Å²) < 4.78 is 0. The van der Waals surface area contributed by atoms with Gasteiger partial charge in [-0.1, -0.05) is 24.3 Å². The molecule has 2 aliphatic carbocycles. The standard InChI is InChI=1S/C12H14O/c13-12-6-5-8-7-11(12)10-4-2-1-3-9(8)10/h1-4,8,11-13H,5-7H2/t8-,11-,12-/m0/s1. The molecular weight excluding hydrogens is 160 g/mol. The average molecular weight is 174 g/mol. The number of rotatable bonds is 0. The lowest BCUT2D eigenvalue weighted by molar-refractivity contribution is 0.108. The van der Waals surface area contributed by atoms with Crippen LogP contribution < -0.4 is 0 Å². The molecule has 0 aliphatic heterocycles. The first-order valence-corrected chi connectivity index (χ1v) is 5.13. The second-order valence-corrected chi connectivity index (χ2v) is 4.31. The van der Waals surface area contributed by atoms with E-state index in [-0.39, 0.29) is 6.10 Å². The summed E-state index contributed by atoms with van der Waals surface area (Å²) in [5, 5.41) is 9.84. The predicted molar refractivity (Wildman–Crippen MR) is 51.8 cm³/mol. The Labute approximate surface area is 78.4 Å². The van der Waals surface area contributed by atoms with Gasteiger partial charge in [0, 0.05) is 5.92 Å². The third-order valence-corrected chi connectivity index (χ3v) is 3.65. The second-order valence-electron chi connectivity index (χ2n) is 4.31. The van der Waals surface area contributed by atoms with Gasteiger partial charge < -0.3 is 5.11 Å². The van der Waals surface area contributed by atoms with Crippen molar-refractivity contribution in [2.45, 2.75) is 37.2 Å². The number of aliphatic hydroxyl groups is 1. The van der Waals surface area contributed by atoms with E-state index < -0.39 is 0 Å². The zero-order valence-electron chi connectivity index (χ0n) is 7.61. The lowest BCUT2D eigenvalue weighted by atomic mass is 9.85. The van der Waals surface area contributed by atoms with Crippen molar-refractivity contribution in [3.05, 3.63) is 35.4 Å². The average Bonchev–Trinajstić information content (AvgIpc) is 2.48. The predicted octanol–water partition coefficient (Wildman–Crippen LogP) is 2.41. The molecule has 1 fully saturated rings. The van der Waals surface area contributed by atoms with Crippen molar-refractivity contribution in [3.8, 4) is 0 Å². The normalized spacial score (nSPS) is 35.9. The van der Waals surface area contributed by atoms with Crippen LogP contribution in [0.4, 0.5) is 0 Å². The Kier molecular flexibility index (Phi) is 1.50. The first-order chi connectivity index (χ1) is 6.36. The highest BCUT2D eigenvalue weighted by atomic mass is 16.3. The fourth-order valence-electron chi connectivity index (χ4n) is 2.99. The van der Waals surface area contributed by atoms with Gasteiger partial charge in [0.15, 0.2) is 0 Å². The number of benzene rings is 1. The highest BCUT2D eigenvalue weighted by Crippen LogP contribution is 2.50. The summed E-state index contributed by atoms with van der Waals surface area (Å²) in [4.78, 5) is 0. The minimum Gasteiger partial charge on any atom is -0.392 e. The van der Waals surface area contributed by atoms with Gasteiger partial charge in [-0.05, 0) is 36.3 Å². The summed E-state index contributed by atoms with van der Waals surface area (Å²) in [6, 6.07) is 8.63. The van der Waals surface area contributed by atoms with Crippen molar-refractivity contribution in [3.63, 3.8) is 0 Å². The van der Waals surface area contributed by atoms with Gasteiger partial charge in [-0.3, -0.25) is 0 Å². The Morgan fingerprint density at radius 3 is 2.69 bits per heavy atom. The van der Waals surface area contributed by atoms with E-state index in [0.29, 0.717) is 5.92 Å². The molecule has 68 valence electrons. The van der Waals surface area contributed by atoms with Gasteiger partial charge in [-0.2, -0.15) is 0 Å². The summed E-state index contributed by atoms with van der Waals surface area (Å²) in [7, 11) is 0. The maximum absolute atomic E-state index is 9.84. The van der Waals surface area contributed by atoms with Crippen LogP contribution in [0.2, 0.25) is 0 Å². The molecule has 0 aromatic heterocycles. The molecule has 0 amide bonds. The van der Waals surface area contributed by atoms with Crippen molar-refractivity contribution in [2.75, 3.05) is 0 Å². The zero-order chi connectivity index (χ0) is 8.84. The van der Waals surface area contributed by atoms with Crippen LogP contribution in [0.15, 0.2) is 24.3 Å². The number of hydrogen-bond donors (Lipinski definition) is 1. The minimum absolute atomic E-state index is 0.0834. The Morgan fingerprint density at radius 1 is 1.08 bits per heavy atom. The Balaban J connectivity index is 2.13. The van der Waals surface area contributed by atoms with Gasteiger partial charge in [-0.25, -0.2) is 0 Å². The lowest BCUT2D eigenvalue weighted by Gasteiger charge is -2.24. The zero-order valence-corrected chi connectivity index (χ0v) is 7.61. The molecule has 1 nitrogen and oxygen atoms in total. The van der Waals surface area contributed by atoms with Gasteiger partial charge in [0.2, 0.25) is 0 Å². The topological polar surface area (TPSA) is 20.2 Å². The Bertz CT molecular complexity index is 332. The highest BCUT2D eigenvalue weighted by molar-refractivity contribution is 5.40. The van der Waals surface area contributed by atoms with Crippen LogP contribution in [0.1, 0.15) is 42.2 Å². The maximum Gasteiger partial charge on any atom is 0.0609 e. The monoisotopic (exact) mass is 174 g/mol. The number of aliphatic hydroxyl groups excluding tert-OH is 1. The summed E-state index contributed by atoms with van der Waals surface area (Å²) >= 11 is 0. The van der Waals surface area contributed by atoms with Crippen LogP contribution in [0.25, 0.3) is 0 Å². The maximum atomic E-state index is 9.84. The molecule has 2 aliphatic rings. The van der Waals surface area contributed by atoms with Crippen LogP contribution in [0, 0.1) is 0 Å². The molecule has 0 saturated heterocycles. The van der Waals surface area contributed by atoms with E-state index in [2.05, 4.69) is 24.3 Å². The molecule has 1 aromatic rings. The second kappa shape index (κ2) is 2.58. The molecule has 1 saturated carbocycles. The van der Waals surface area contributed by atoms with Crippen molar-refractivity contribution in [2.24, 2.45) is 0 Å². The Hall–Kier alpha value is -0.820. The van der Waals surface area contributed by atoms with Crippen molar-refractivity contribution in [1.29, 1.82) is 0 Å². The molecule has 3 atom stereocenters. The first-order valence-electron chi connectivity index (χ1n) is 5.13. The fraction of sp³-hybridized carbons (Fsp3) is 0.500. The molecule has 1 N–H and O–H groups in total. The molecule has 13 heavy (non-hydrogen) atoms. The van der Waals surface area contributed by atoms with E-state index in [1.54, 1.807) is 0 Å². The highest BCUT2D eigenvalue weighted by Gasteiger charge is 2.38. The molecule has 0 spiro atoms. The van der Waals surface area contributed by atoms with Crippen LogP contribution >= 0.6 is 0 Å². The van der Waals surface area contributed by atoms with Crippen LogP contribution in [-0.2, 0) is 0 Å². The third kappa shape index (κ3) is 0.969. The molecular formula is C12H14O. The SMILES string of the molecule is O[C@H]1CC[C@H]2C[C@H]1c1ccccc12. The largest absolute Gasteiger partial charge is 0.392 e. The molecule has 0 heterocycles. The molecule has 0 radical (unpaired) electrons. The van der Waals surface area contributed by atoms with Gasteiger partial charge >= 0.3 is 0 Å². The van der Waals surface area contributed by atoms with Gasteiger partial charge in [0.25, 0.3) is 0 Å². The van der Waals surface area contributed by atoms with E-state index >= 15 is 0 Å². The van der Waals surface area contributed by atoms with Gasteiger partial charge in [0.05, 0.1) is 6.10 Å². The fourth-order valence-corrected chi connectivity index (χ4v) is 2.99. The van der Waals surface area contributed by atoms with Crippen LogP contribution in [0.5, 0.6) is 0 Å². The molecule has 3 rings (SSSR count). The third-order valence-electron chi connectivity index (χ3n) is 3.65. The molecule has 1 aromatic carbocycles. The number of hydrogen-bond acceptors (Lipinski definition) is 1. The Morgan fingerprint density at radius 2 is 1.85 bits per heavy atom. The van der Waals surface area contributed by atoms with Crippen molar-refractivity contribution >= 4 is 0 Å².